The Kier molecular flexibility index (Phi) is 9.61. The van der Waals surface area contributed by atoms with E-state index in [9.17, 15) is 0 Å². The van der Waals surface area contributed by atoms with Crippen molar-refractivity contribution < 1.29 is 4.74 Å². The lowest BCUT2D eigenvalue weighted by atomic mass is 9.91. The van der Waals surface area contributed by atoms with Crippen LogP contribution >= 0.6 is 0 Å². The second kappa shape index (κ2) is 12.6. The van der Waals surface area contributed by atoms with E-state index in [1.54, 1.807) is 0 Å². The van der Waals surface area contributed by atoms with Crippen LogP contribution in [0.4, 0.5) is 5.95 Å². The molecule has 3 aliphatic rings. The van der Waals surface area contributed by atoms with Crippen molar-refractivity contribution in [2.45, 2.75) is 116 Å². The summed E-state index contributed by atoms with van der Waals surface area (Å²) >= 11 is 0. The van der Waals surface area contributed by atoms with Gasteiger partial charge in [-0.1, -0.05) is 19.3 Å². The van der Waals surface area contributed by atoms with Crippen molar-refractivity contribution in [1.29, 1.82) is 0 Å². The van der Waals surface area contributed by atoms with Gasteiger partial charge in [-0.05, 0) is 97.3 Å². The Balaban J connectivity index is 1.15. The molecule has 6 nitrogen and oxygen atoms in total. The van der Waals surface area contributed by atoms with Crippen LogP contribution in [0.2, 0.25) is 0 Å². The van der Waals surface area contributed by atoms with Crippen LogP contribution < -0.4 is 4.90 Å². The zero-order valence-corrected chi connectivity index (χ0v) is 22.3. The van der Waals surface area contributed by atoms with Gasteiger partial charge in [0, 0.05) is 50.2 Å². The molecule has 0 aliphatic carbocycles. The summed E-state index contributed by atoms with van der Waals surface area (Å²) in [6.07, 6.45) is 16.2. The summed E-state index contributed by atoms with van der Waals surface area (Å²) in [7, 11) is 0. The van der Waals surface area contributed by atoms with E-state index in [0.717, 1.165) is 25.6 Å². The van der Waals surface area contributed by atoms with Crippen LogP contribution in [0.3, 0.4) is 0 Å². The van der Waals surface area contributed by atoms with Crippen LogP contribution in [0.5, 0.6) is 0 Å². The summed E-state index contributed by atoms with van der Waals surface area (Å²) in [4.78, 5) is 17.6. The largest absolute Gasteiger partial charge is 0.379 e. The van der Waals surface area contributed by atoms with Gasteiger partial charge in [-0.15, -0.1) is 0 Å². The minimum atomic E-state index is 0.369. The van der Waals surface area contributed by atoms with E-state index in [0.29, 0.717) is 30.1 Å². The van der Waals surface area contributed by atoms with Crippen LogP contribution in [-0.2, 0) is 4.74 Å². The third-order valence-electron chi connectivity index (χ3n) is 8.26. The van der Waals surface area contributed by atoms with E-state index in [2.05, 4.69) is 54.8 Å². The maximum Gasteiger partial charge on any atom is 0.225 e. The molecule has 3 fully saturated rings. The highest BCUT2D eigenvalue weighted by Gasteiger charge is 2.41. The number of hydrogen-bond donors (Lipinski definition) is 0. The lowest BCUT2D eigenvalue weighted by Crippen LogP contribution is -2.56. The molecule has 1 aromatic heterocycles. The number of nitrogens with zero attached hydrogens (tertiary/aromatic N) is 5. The molecule has 4 rings (SSSR count). The zero-order valence-electron chi connectivity index (χ0n) is 22.3. The Hall–Kier alpha value is -1.24. The van der Waals surface area contributed by atoms with Crippen molar-refractivity contribution in [3.8, 4) is 0 Å². The topological polar surface area (TPSA) is 44.7 Å². The summed E-state index contributed by atoms with van der Waals surface area (Å²) in [5, 5.41) is 0. The highest BCUT2D eigenvalue weighted by molar-refractivity contribution is 5.38. The van der Waals surface area contributed by atoms with Gasteiger partial charge in [0.25, 0.3) is 0 Å². The van der Waals surface area contributed by atoms with Gasteiger partial charge in [0.15, 0.2) is 0 Å². The smallest absolute Gasteiger partial charge is 0.225 e. The molecule has 192 valence electrons. The van der Waals surface area contributed by atoms with Crippen molar-refractivity contribution in [2.24, 2.45) is 0 Å². The molecule has 0 spiro atoms. The number of piperidine rings is 1. The van der Waals surface area contributed by atoms with E-state index in [1.807, 2.05) is 0 Å². The number of aromatic nitrogens is 2. The molecule has 2 atom stereocenters. The molecule has 3 aliphatic heterocycles. The SMILES string of the molecule is CC(C)OCCCCCCCN1CCC(c2cnc(N3C4CCC3CN(C(C)C)C4)nc2)CC1. The van der Waals surface area contributed by atoms with Gasteiger partial charge in [0.2, 0.25) is 5.95 Å². The first-order valence-electron chi connectivity index (χ1n) is 14.2. The van der Waals surface area contributed by atoms with Crippen LogP contribution in [0, 0.1) is 0 Å². The molecule has 1 aromatic rings. The van der Waals surface area contributed by atoms with E-state index in [1.165, 1.54) is 83.0 Å². The lowest BCUT2D eigenvalue weighted by molar-refractivity contribution is 0.0756. The van der Waals surface area contributed by atoms with E-state index < -0.39 is 0 Å². The van der Waals surface area contributed by atoms with Gasteiger partial charge in [-0.2, -0.15) is 0 Å². The molecule has 6 heteroatoms. The number of fused-ring (bicyclic) bond motifs is 2. The third-order valence-corrected chi connectivity index (χ3v) is 8.26. The first-order chi connectivity index (χ1) is 16.5. The fourth-order valence-electron chi connectivity index (χ4n) is 6.14. The van der Waals surface area contributed by atoms with Crippen LogP contribution in [0.15, 0.2) is 12.4 Å². The quantitative estimate of drug-likeness (QED) is 0.396. The molecule has 0 radical (unpaired) electrons. The van der Waals surface area contributed by atoms with E-state index in [4.69, 9.17) is 14.7 Å². The van der Waals surface area contributed by atoms with Gasteiger partial charge in [0.05, 0.1) is 6.10 Å². The lowest BCUT2D eigenvalue weighted by Gasteiger charge is -2.42. The molecule has 4 heterocycles. The molecule has 2 bridgehead atoms. The highest BCUT2D eigenvalue weighted by atomic mass is 16.5. The molecule has 3 saturated heterocycles. The van der Waals surface area contributed by atoms with Gasteiger partial charge in [-0.3, -0.25) is 4.90 Å². The molecular formula is C28H49N5O. The maximum atomic E-state index is 5.63. The number of hydrogen-bond acceptors (Lipinski definition) is 6. The fourth-order valence-corrected chi connectivity index (χ4v) is 6.14. The fraction of sp³-hybridized carbons (Fsp3) is 0.857. The third kappa shape index (κ3) is 6.92. The van der Waals surface area contributed by atoms with Gasteiger partial charge >= 0.3 is 0 Å². The summed E-state index contributed by atoms with van der Waals surface area (Å²) in [6, 6.07) is 1.81. The van der Waals surface area contributed by atoms with Gasteiger partial charge in [-0.25, -0.2) is 9.97 Å². The Morgan fingerprint density at radius 3 is 2.09 bits per heavy atom. The Morgan fingerprint density at radius 1 is 0.853 bits per heavy atom. The standard InChI is InChI=1S/C28H49N5O/c1-22(2)32-20-26-10-11-27(21-32)33(26)28-29-18-25(19-30-28)24-12-15-31(16-13-24)14-8-6-5-7-9-17-34-23(3)4/h18-19,22-24,26-27H,5-17,20-21H2,1-4H3. The van der Waals surface area contributed by atoms with Crippen molar-refractivity contribution >= 4 is 5.95 Å². The molecule has 0 aromatic carbocycles. The first kappa shape index (κ1) is 25.8. The highest BCUT2D eigenvalue weighted by Crippen LogP contribution is 2.34. The number of piperazine rings is 1. The maximum absolute atomic E-state index is 5.63. The van der Waals surface area contributed by atoms with Crippen molar-refractivity contribution in [3.63, 3.8) is 0 Å². The summed E-state index contributed by atoms with van der Waals surface area (Å²) in [5.74, 6) is 1.59. The monoisotopic (exact) mass is 471 g/mol. The summed E-state index contributed by atoms with van der Waals surface area (Å²) in [5.41, 5.74) is 1.35. The number of likely N-dealkylation sites (tertiary alicyclic amines) is 2. The molecular weight excluding hydrogens is 422 g/mol. The zero-order chi connectivity index (χ0) is 23.9. The number of rotatable bonds is 12. The Morgan fingerprint density at radius 2 is 1.47 bits per heavy atom. The minimum Gasteiger partial charge on any atom is -0.379 e. The van der Waals surface area contributed by atoms with Crippen LogP contribution in [0.25, 0.3) is 0 Å². The number of anilines is 1. The van der Waals surface area contributed by atoms with E-state index >= 15 is 0 Å². The predicted molar refractivity (Wildman–Crippen MR) is 141 cm³/mol. The molecule has 2 unspecified atom stereocenters. The number of ether oxygens (including phenoxy) is 1. The van der Waals surface area contributed by atoms with Crippen LogP contribution in [0.1, 0.15) is 97.0 Å². The van der Waals surface area contributed by atoms with Crippen molar-refractivity contribution in [3.05, 3.63) is 18.0 Å². The van der Waals surface area contributed by atoms with Crippen molar-refractivity contribution in [1.82, 2.24) is 19.8 Å². The molecule has 34 heavy (non-hydrogen) atoms. The van der Waals surface area contributed by atoms with E-state index in [-0.39, 0.29) is 0 Å². The average molecular weight is 472 g/mol. The first-order valence-corrected chi connectivity index (χ1v) is 14.2. The normalized spacial score (nSPS) is 24.6. The number of unbranched alkanes of at least 4 members (excludes halogenated alkanes) is 4. The predicted octanol–water partition coefficient (Wildman–Crippen LogP) is 5.09. The van der Waals surface area contributed by atoms with Gasteiger partial charge in [0.1, 0.15) is 0 Å². The minimum absolute atomic E-state index is 0.369. The summed E-state index contributed by atoms with van der Waals surface area (Å²) in [6.45, 7) is 15.8. The molecule has 0 N–H and O–H groups in total. The molecule has 0 amide bonds. The summed E-state index contributed by atoms with van der Waals surface area (Å²) < 4.78 is 5.63. The average Bonchev–Trinajstić information content (AvgIpc) is 3.09. The van der Waals surface area contributed by atoms with Crippen LogP contribution in [-0.4, -0.2) is 83.3 Å². The van der Waals surface area contributed by atoms with Gasteiger partial charge < -0.3 is 14.5 Å². The second-order valence-corrected chi connectivity index (χ2v) is 11.5. The Labute approximate surface area is 208 Å². The second-order valence-electron chi connectivity index (χ2n) is 11.5. The molecule has 0 saturated carbocycles. The Bertz CT molecular complexity index is 702. The van der Waals surface area contributed by atoms with Crippen molar-refractivity contribution in [2.75, 3.05) is 44.2 Å².